The summed E-state index contributed by atoms with van der Waals surface area (Å²) in [4.78, 5) is 35.2. The summed E-state index contributed by atoms with van der Waals surface area (Å²) in [6.45, 7) is 2.79. The Hall–Kier alpha value is -1.43. The van der Waals surface area contributed by atoms with Gasteiger partial charge in [0.15, 0.2) is 0 Å². The van der Waals surface area contributed by atoms with E-state index < -0.39 is 6.04 Å². The van der Waals surface area contributed by atoms with Gasteiger partial charge in [-0.15, -0.1) is 0 Å². The molecule has 1 heterocycles. The lowest BCUT2D eigenvalue weighted by atomic mass is 10.0. The molecule has 0 radical (unpaired) electrons. The molecule has 2 N–H and O–H groups in total. The van der Waals surface area contributed by atoms with Gasteiger partial charge in [0, 0.05) is 13.5 Å². The summed E-state index contributed by atoms with van der Waals surface area (Å²) in [5.41, 5.74) is 0. The molecule has 0 bridgehead atoms. The number of imide groups is 1. The smallest absolute Gasteiger partial charge is 0.251 e. The summed E-state index contributed by atoms with van der Waals surface area (Å²) in [7, 11) is 1.44. The van der Waals surface area contributed by atoms with Gasteiger partial charge in [0.1, 0.15) is 6.04 Å². The Labute approximate surface area is 94.4 Å². The average molecular weight is 227 g/mol. The number of hydrogen-bond acceptors (Lipinski definition) is 4. The number of likely N-dealkylation sites (N-methyl/N-ethyl adjacent to an activating group) is 2. The first kappa shape index (κ1) is 12.6. The van der Waals surface area contributed by atoms with E-state index in [2.05, 4.69) is 10.6 Å². The highest BCUT2D eigenvalue weighted by Crippen LogP contribution is 2.10. The summed E-state index contributed by atoms with van der Waals surface area (Å²) < 4.78 is 0. The highest BCUT2D eigenvalue weighted by atomic mass is 16.2. The molecule has 1 aliphatic heterocycles. The zero-order chi connectivity index (χ0) is 12.1. The van der Waals surface area contributed by atoms with E-state index in [1.165, 1.54) is 7.05 Å². The zero-order valence-electron chi connectivity index (χ0n) is 9.58. The van der Waals surface area contributed by atoms with Crippen LogP contribution in [0.4, 0.5) is 0 Å². The lowest BCUT2D eigenvalue weighted by molar-refractivity contribution is -0.149. The predicted molar refractivity (Wildman–Crippen MR) is 57.5 cm³/mol. The van der Waals surface area contributed by atoms with Gasteiger partial charge in [-0.3, -0.25) is 19.3 Å². The molecule has 0 saturated carbocycles. The molecule has 6 nitrogen and oxygen atoms in total. The fraction of sp³-hybridized carbons (Fsp3) is 0.700. The fourth-order valence-corrected chi connectivity index (χ4v) is 1.53. The molecule has 0 aromatic heterocycles. The summed E-state index contributed by atoms with van der Waals surface area (Å²) >= 11 is 0. The first-order valence-electron chi connectivity index (χ1n) is 5.36. The second-order valence-electron chi connectivity index (χ2n) is 3.73. The van der Waals surface area contributed by atoms with Gasteiger partial charge in [-0.05, 0) is 13.0 Å². The molecule has 6 heteroatoms. The number of hydrogen-bond donors (Lipinski definition) is 2. The average Bonchev–Trinajstić information content (AvgIpc) is 2.27. The summed E-state index contributed by atoms with van der Waals surface area (Å²) in [5.74, 6) is -0.744. The minimum absolute atomic E-state index is 0.192. The van der Waals surface area contributed by atoms with Crippen molar-refractivity contribution in [2.75, 3.05) is 20.1 Å². The van der Waals surface area contributed by atoms with Crippen molar-refractivity contribution >= 4 is 17.7 Å². The van der Waals surface area contributed by atoms with Crippen molar-refractivity contribution in [3.05, 3.63) is 0 Å². The van der Waals surface area contributed by atoms with Crippen LogP contribution in [-0.4, -0.2) is 48.8 Å². The van der Waals surface area contributed by atoms with Crippen LogP contribution in [0.5, 0.6) is 0 Å². The highest BCUT2D eigenvalue weighted by Gasteiger charge is 2.32. The van der Waals surface area contributed by atoms with Gasteiger partial charge in [0.25, 0.3) is 5.91 Å². The van der Waals surface area contributed by atoms with Crippen molar-refractivity contribution < 1.29 is 14.4 Å². The minimum Gasteiger partial charge on any atom is -0.343 e. The Morgan fingerprint density at radius 3 is 2.81 bits per heavy atom. The van der Waals surface area contributed by atoms with E-state index in [0.717, 1.165) is 4.90 Å². The molecule has 0 aliphatic carbocycles. The third kappa shape index (κ3) is 3.03. The quantitative estimate of drug-likeness (QED) is 0.595. The summed E-state index contributed by atoms with van der Waals surface area (Å²) in [6.07, 6.45) is 0.689. The van der Waals surface area contributed by atoms with Crippen LogP contribution in [0.1, 0.15) is 19.8 Å². The monoisotopic (exact) mass is 227 g/mol. The molecular weight excluding hydrogens is 210 g/mol. The third-order valence-electron chi connectivity index (χ3n) is 2.52. The molecule has 1 unspecified atom stereocenters. The third-order valence-corrected chi connectivity index (χ3v) is 2.52. The van der Waals surface area contributed by atoms with Crippen LogP contribution in [0, 0.1) is 0 Å². The Balaban J connectivity index is 2.46. The van der Waals surface area contributed by atoms with Crippen LogP contribution < -0.4 is 10.6 Å². The molecule has 1 atom stereocenters. The molecule has 1 fully saturated rings. The first-order valence-corrected chi connectivity index (χ1v) is 5.36. The lowest BCUT2D eigenvalue weighted by Gasteiger charge is -2.28. The fourth-order valence-electron chi connectivity index (χ4n) is 1.53. The van der Waals surface area contributed by atoms with E-state index in [9.17, 15) is 14.4 Å². The first-order chi connectivity index (χ1) is 7.56. The molecule has 16 heavy (non-hydrogen) atoms. The predicted octanol–water partition coefficient (Wildman–Crippen LogP) is -1.14. The van der Waals surface area contributed by atoms with Crippen LogP contribution in [0.25, 0.3) is 0 Å². The SMILES string of the molecule is CCNCC(=O)NC1CCC(=O)N(C)C1=O. The largest absolute Gasteiger partial charge is 0.343 e. The van der Waals surface area contributed by atoms with Crippen LogP contribution in [0.2, 0.25) is 0 Å². The maximum absolute atomic E-state index is 11.6. The van der Waals surface area contributed by atoms with Crippen LogP contribution >= 0.6 is 0 Å². The number of likely N-dealkylation sites (tertiary alicyclic amines) is 1. The maximum atomic E-state index is 11.6. The van der Waals surface area contributed by atoms with E-state index in [1.807, 2.05) is 6.92 Å². The van der Waals surface area contributed by atoms with E-state index >= 15 is 0 Å². The van der Waals surface area contributed by atoms with Gasteiger partial charge < -0.3 is 10.6 Å². The van der Waals surface area contributed by atoms with E-state index in [4.69, 9.17) is 0 Å². The summed E-state index contributed by atoms with van der Waals surface area (Å²) in [6, 6.07) is -0.561. The second-order valence-corrected chi connectivity index (χ2v) is 3.73. The van der Waals surface area contributed by atoms with Gasteiger partial charge >= 0.3 is 0 Å². The number of amides is 3. The van der Waals surface area contributed by atoms with Gasteiger partial charge in [-0.25, -0.2) is 0 Å². The molecule has 0 aromatic carbocycles. The molecule has 1 aliphatic rings. The molecule has 3 amide bonds. The number of carbonyl (C=O) groups excluding carboxylic acids is 3. The standard InChI is InChI=1S/C10H17N3O3/c1-3-11-6-8(14)12-7-4-5-9(15)13(2)10(7)16/h7,11H,3-6H2,1-2H3,(H,12,14). The summed E-state index contributed by atoms with van der Waals surface area (Å²) in [5, 5.41) is 5.48. The maximum Gasteiger partial charge on any atom is 0.251 e. The van der Waals surface area contributed by atoms with Crippen molar-refractivity contribution in [2.45, 2.75) is 25.8 Å². The Morgan fingerprint density at radius 2 is 2.19 bits per heavy atom. The van der Waals surface area contributed by atoms with Crippen molar-refractivity contribution in [3.63, 3.8) is 0 Å². The van der Waals surface area contributed by atoms with Crippen molar-refractivity contribution in [1.29, 1.82) is 0 Å². The molecular formula is C10H17N3O3. The van der Waals surface area contributed by atoms with Crippen LogP contribution in [0.3, 0.4) is 0 Å². The van der Waals surface area contributed by atoms with Gasteiger partial charge in [-0.1, -0.05) is 6.92 Å². The number of rotatable bonds is 4. The highest BCUT2D eigenvalue weighted by molar-refractivity contribution is 6.01. The van der Waals surface area contributed by atoms with E-state index in [1.54, 1.807) is 0 Å². The van der Waals surface area contributed by atoms with Gasteiger partial charge in [0.2, 0.25) is 11.8 Å². The number of carbonyl (C=O) groups is 3. The van der Waals surface area contributed by atoms with Crippen LogP contribution in [-0.2, 0) is 14.4 Å². The number of nitrogens with zero attached hydrogens (tertiary/aromatic N) is 1. The van der Waals surface area contributed by atoms with Crippen molar-refractivity contribution in [3.8, 4) is 0 Å². The van der Waals surface area contributed by atoms with Gasteiger partial charge in [0.05, 0.1) is 6.54 Å². The second kappa shape index (κ2) is 5.60. The minimum atomic E-state index is -0.561. The number of nitrogens with one attached hydrogen (secondary N) is 2. The van der Waals surface area contributed by atoms with E-state index in [-0.39, 0.29) is 24.3 Å². The van der Waals surface area contributed by atoms with Crippen LogP contribution in [0.15, 0.2) is 0 Å². The molecule has 1 rings (SSSR count). The number of piperidine rings is 1. The van der Waals surface area contributed by atoms with Crippen molar-refractivity contribution in [1.82, 2.24) is 15.5 Å². The molecule has 90 valence electrons. The Kier molecular flexibility index (Phi) is 4.42. The lowest BCUT2D eigenvalue weighted by Crippen LogP contribution is -2.54. The topological polar surface area (TPSA) is 78.5 Å². The molecule has 1 saturated heterocycles. The zero-order valence-corrected chi connectivity index (χ0v) is 9.58. The molecule has 0 spiro atoms. The Bertz CT molecular complexity index is 304. The van der Waals surface area contributed by atoms with Crippen molar-refractivity contribution in [2.24, 2.45) is 0 Å². The van der Waals surface area contributed by atoms with E-state index in [0.29, 0.717) is 19.4 Å². The van der Waals surface area contributed by atoms with Gasteiger partial charge in [-0.2, -0.15) is 0 Å². The Morgan fingerprint density at radius 1 is 1.50 bits per heavy atom. The molecule has 0 aromatic rings. The normalized spacial score (nSPS) is 21.1.